The quantitative estimate of drug-likeness (QED) is 0.861. The summed E-state index contributed by atoms with van der Waals surface area (Å²) < 4.78 is 0. The number of likely N-dealkylation sites (tertiary alicyclic amines) is 2. The Morgan fingerprint density at radius 3 is 2.67 bits per heavy atom. The number of hydrogen-bond donors (Lipinski definition) is 2. The van der Waals surface area contributed by atoms with Crippen LogP contribution in [0.25, 0.3) is 0 Å². The molecule has 3 fully saturated rings. The van der Waals surface area contributed by atoms with Crippen molar-refractivity contribution in [3.05, 3.63) is 18.2 Å². The maximum Gasteiger partial charge on any atom is 0.320 e. The third-order valence-electron chi connectivity index (χ3n) is 5.88. The lowest BCUT2D eigenvalue weighted by Gasteiger charge is -2.39. The minimum absolute atomic E-state index is 0.0312. The van der Waals surface area contributed by atoms with Gasteiger partial charge in [0.05, 0.1) is 6.33 Å². The number of rotatable bonds is 4. The number of amides is 1. The fourth-order valence-electron chi connectivity index (χ4n) is 4.30. The van der Waals surface area contributed by atoms with Gasteiger partial charge in [0.2, 0.25) is 5.91 Å². The van der Waals surface area contributed by atoms with Crippen LogP contribution in [0, 0.1) is 11.3 Å². The van der Waals surface area contributed by atoms with E-state index in [1.54, 1.807) is 12.5 Å². The number of carboxylic acid groups (broad SMARTS) is 1. The Hall–Kier alpha value is -1.89. The van der Waals surface area contributed by atoms with Gasteiger partial charge in [-0.25, -0.2) is 4.98 Å². The SMILES string of the molecule is O=C(O)C1CC2(CCN(C(=O)C3CC3)CC2)CN1Cc1cnc[nH]1. The van der Waals surface area contributed by atoms with E-state index in [0.29, 0.717) is 18.9 Å². The maximum atomic E-state index is 12.2. The summed E-state index contributed by atoms with van der Waals surface area (Å²) in [5, 5.41) is 9.62. The lowest BCUT2D eigenvalue weighted by molar-refractivity contribution is -0.142. The number of nitrogens with one attached hydrogen (secondary N) is 1. The molecule has 4 rings (SSSR count). The molecule has 1 aromatic heterocycles. The zero-order valence-corrected chi connectivity index (χ0v) is 13.8. The summed E-state index contributed by atoms with van der Waals surface area (Å²) in [5.74, 6) is -0.166. The lowest BCUT2D eigenvalue weighted by Crippen LogP contribution is -2.44. The minimum Gasteiger partial charge on any atom is -0.480 e. The van der Waals surface area contributed by atoms with Crippen molar-refractivity contribution in [1.82, 2.24) is 19.8 Å². The third kappa shape index (κ3) is 2.92. The molecule has 1 aliphatic carbocycles. The molecule has 2 aliphatic heterocycles. The van der Waals surface area contributed by atoms with Gasteiger partial charge in [-0.3, -0.25) is 14.5 Å². The molecular formula is C17H24N4O3. The van der Waals surface area contributed by atoms with E-state index < -0.39 is 12.0 Å². The second kappa shape index (κ2) is 5.88. The van der Waals surface area contributed by atoms with E-state index in [-0.39, 0.29) is 11.3 Å². The van der Waals surface area contributed by atoms with Crippen molar-refractivity contribution in [2.75, 3.05) is 19.6 Å². The molecule has 1 unspecified atom stereocenters. The second-order valence-corrected chi connectivity index (χ2v) is 7.64. The third-order valence-corrected chi connectivity index (χ3v) is 5.88. The van der Waals surface area contributed by atoms with E-state index in [1.165, 1.54) is 0 Å². The molecule has 3 heterocycles. The Balaban J connectivity index is 1.42. The molecule has 1 spiro atoms. The fourth-order valence-corrected chi connectivity index (χ4v) is 4.30. The van der Waals surface area contributed by atoms with Crippen LogP contribution in [0.2, 0.25) is 0 Å². The van der Waals surface area contributed by atoms with E-state index in [9.17, 15) is 14.7 Å². The summed E-state index contributed by atoms with van der Waals surface area (Å²) in [6.07, 6.45) is 7.96. The Morgan fingerprint density at radius 2 is 2.08 bits per heavy atom. The molecule has 0 bridgehead atoms. The van der Waals surface area contributed by atoms with Crippen molar-refractivity contribution in [3.8, 4) is 0 Å². The van der Waals surface area contributed by atoms with E-state index in [2.05, 4.69) is 9.97 Å². The molecule has 7 nitrogen and oxygen atoms in total. The first-order valence-electron chi connectivity index (χ1n) is 8.79. The number of nitrogens with zero attached hydrogens (tertiary/aromatic N) is 3. The second-order valence-electron chi connectivity index (χ2n) is 7.64. The Labute approximate surface area is 141 Å². The monoisotopic (exact) mass is 332 g/mol. The molecule has 1 atom stereocenters. The van der Waals surface area contributed by atoms with Gasteiger partial charge < -0.3 is 15.0 Å². The molecule has 0 aromatic carbocycles. The van der Waals surface area contributed by atoms with Crippen molar-refractivity contribution in [3.63, 3.8) is 0 Å². The zero-order valence-electron chi connectivity index (χ0n) is 13.8. The number of aliphatic carboxylic acids is 1. The van der Waals surface area contributed by atoms with Crippen LogP contribution in [0.5, 0.6) is 0 Å². The van der Waals surface area contributed by atoms with Gasteiger partial charge >= 0.3 is 5.97 Å². The Morgan fingerprint density at radius 1 is 1.33 bits per heavy atom. The predicted molar refractivity (Wildman–Crippen MR) is 86.0 cm³/mol. The number of aromatic amines is 1. The molecule has 1 aromatic rings. The first-order chi connectivity index (χ1) is 11.6. The normalized spacial score (nSPS) is 26.8. The van der Waals surface area contributed by atoms with Crippen LogP contribution in [0.1, 0.15) is 37.8 Å². The van der Waals surface area contributed by atoms with Gasteiger partial charge in [-0.15, -0.1) is 0 Å². The van der Waals surface area contributed by atoms with Gasteiger partial charge in [0, 0.05) is 44.0 Å². The van der Waals surface area contributed by atoms with Crippen LogP contribution in [-0.2, 0) is 16.1 Å². The highest BCUT2D eigenvalue weighted by atomic mass is 16.4. The zero-order chi connectivity index (χ0) is 16.7. The molecule has 130 valence electrons. The van der Waals surface area contributed by atoms with Crippen LogP contribution < -0.4 is 0 Å². The van der Waals surface area contributed by atoms with Crippen molar-refractivity contribution in [2.24, 2.45) is 11.3 Å². The summed E-state index contributed by atoms with van der Waals surface area (Å²) in [6, 6.07) is -0.445. The predicted octanol–water partition coefficient (Wildman–Crippen LogP) is 1.09. The number of hydrogen-bond acceptors (Lipinski definition) is 4. The number of H-pyrrole nitrogens is 1. The first kappa shape index (κ1) is 15.6. The molecule has 7 heteroatoms. The number of piperidine rings is 1. The van der Waals surface area contributed by atoms with Crippen LogP contribution in [-0.4, -0.2) is 62.4 Å². The topological polar surface area (TPSA) is 89.5 Å². The van der Waals surface area contributed by atoms with Gasteiger partial charge in [-0.05, 0) is 37.5 Å². The molecule has 1 amide bonds. The van der Waals surface area contributed by atoms with E-state index in [0.717, 1.165) is 51.0 Å². The standard InChI is InChI=1S/C17H24N4O3/c22-15(12-1-2-12)20-5-3-17(4-6-20)7-14(16(23)24)21(10-17)9-13-8-18-11-19-13/h8,11-12,14H,1-7,9-10H2,(H,18,19)(H,23,24). The summed E-state index contributed by atoms with van der Waals surface area (Å²) >= 11 is 0. The molecule has 24 heavy (non-hydrogen) atoms. The van der Waals surface area contributed by atoms with Gasteiger partial charge in [0.15, 0.2) is 0 Å². The molecular weight excluding hydrogens is 308 g/mol. The van der Waals surface area contributed by atoms with Crippen LogP contribution in [0.15, 0.2) is 12.5 Å². The summed E-state index contributed by atoms with van der Waals surface area (Å²) in [4.78, 5) is 35.0. The van der Waals surface area contributed by atoms with Crippen molar-refractivity contribution in [1.29, 1.82) is 0 Å². The molecule has 2 saturated heterocycles. The fraction of sp³-hybridized carbons (Fsp3) is 0.706. The lowest BCUT2D eigenvalue weighted by atomic mass is 9.76. The number of carbonyl (C=O) groups is 2. The van der Waals surface area contributed by atoms with Crippen molar-refractivity contribution in [2.45, 2.75) is 44.7 Å². The van der Waals surface area contributed by atoms with Gasteiger partial charge in [-0.2, -0.15) is 0 Å². The number of carbonyl (C=O) groups excluding carboxylic acids is 1. The average Bonchev–Trinajstić information content (AvgIpc) is 3.19. The van der Waals surface area contributed by atoms with Crippen LogP contribution >= 0.6 is 0 Å². The largest absolute Gasteiger partial charge is 0.480 e. The highest BCUT2D eigenvalue weighted by molar-refractivity contribution is 5.81. The smallest absolute Gasteiger partial charge is 0.320 e. The molecule has 3 aliphatic rings. The summed E-state index contributed by atoms with van der Waals surface area (Å²) in [7, 11) is 0. The first-order valence-corrected chi connectivity index (χ1v) is 8.79. The Kier molecular flexibility index (Phi) is 3.83. The van der Waals surface area contributed by atoms with E-state index in [1.807, 2.05) is 9.80 Å². The summed E-state index contributed by atoms with van der Waals surface area (Å²) in [5.41, 5.74) is 0.975. The highest BCUT2D eigenvalue weighted by Gasteiger charge is 2.49. The molecule has 0 radical (unpaired) electrons. The minimum atomic E-state index is -0.747. The van der Waals surface area contributed by atoms with Gasteiger partial charge in [0.1, 0.15) is 6.04 Å². The van der Waals surface area contributed by atoms with Crippen LogP contribution in [0.4, 0.5) is 0 Å². The van der Waals surface area contributed by atoms with Gasteiger partial charge in [-0.1, -0.05) is 0 Å². The summed E-state index contributed by atoms with van der Waals surface area (Å²) in [6.45, 7) is 2.93. The average molecular weight is 332 g/mol. The highest BCUT2D eigenvalue weighted by Crippen LogP contribution is 2.44. The molecule has 1 saturated carbocycles. The van der Waals surface area contributed by atoms with Crippen molar-refractivity contribution >= 4 is 11.9 Å². The number of aromatic nitrogens is 2. The number of carboxylic acids is 1. The molecule has 2 N–H and O–H groups in total. The maximum absolute atomic E-state index is 12.2. The van der Waals surface area contributed by atoms with E-state index >= 15 is 0 Å². The van der Waals surface area contributed by atoms with E-state index in [4.69, 9.17) is 0 Å². The number of imidazole rings is 1. The van der Waals surface area contributed by atoms with Crippen LogP contribution in [0.3, 0.4) is 0 Å². The van der Waals surface area contributed by atoms with Crippen molar-refractivity contribution < 1.29 is 14.7 Å². The Bertz CT molecular complexity index is 618. The van der Waals surface area contributed by atoms with Gasteiger partial charge in [0.25, 0.3) is 0 Å².